The lowest BCUT2D eigenvalue weighted by Gasteiger charge is -2.03. The summed E-state index contributed by atoms with van der Waals surface area (Å²) in [5.74, 6) is -0.475. The van der Waals surface area contributed by atoms with Gasteiger partial charge in [-0.05, 0) is 19.1 Å². The number of ether oxygens (including phenoxy) is 1. The first-order valence-corrected chi connectivity index (χ1v) is 7.17. The van der Waals surface area contributed by atoms with Crippen LogP contribution >= 0.6 is 11.8 Å². The summed E-state index contributed by atoms with van der Waals surface area (Å²) in [6.45, 7) is 1.92. The molecule has 0 saturated carbocycles. The summed E-state index contributed by atoms with van der Waals surface area (Å²) in [5.41, 5.74) is 1.80. The predicted octanol–water partition coefficient (Wildman–Crippen LogP) is 1.33. The van der Waals surface area contributed by atoms with Gasteiger partial charge in [-0.3, -0.25) is 9.59 Å². The average molecular weight is 293 g/mol. The molecule has 2 N–H and O–H groups in total. The van der Waals surface area contributed by atoms with Gasteiger partial charge in [0.05, 0.1) is 23.4 Å². The van der Waals surface area contributed by atoms with Crippen LogP contribution in [0.5, 0.6) is 0 Å². The Balaban J connectivity index is 1.79. The van der Waals surface area contributed by atoms with E-state index in [-0.39, 0.29) is 18.2 Å². The topological polar surface area (TPSA) is 84.1 Å². The van der Waals surface area contributed by atoms with Crippen LogP contribution in [0.3, 0.4) is 0 Å². The van der Waals surface area contributed by atoms with Gasteiger partial charge in [0.25, 0.3) is 0 Å². The number of fused-ring (bicyclic) bond motifs is 1. The molecule has 6 nitrogen and oxygen atoms in total. The number of hydrogen-bond donors (Lipinski definition) is 2. The van der Waals surface area contributed by atoms with E-state index < -0.39 is 5.97 Å². The Hall–Kier alpha value is -2.02. The minimum atomic E-state index is -0.436. The fraction of sp³-hybridized carbons (Fsp3) is 0.308. The van der Waals surface area contributed by atoms with E-state index in [1.54, 1.807) is 6.92 Å². The Morgan fingerprint density at radius 2 is 2.20 bits per heavy atom. The standard InChI is InChI=1S/C13H15N3O3S/c1-2-19-12(18)7-14-11(17)8-20-13-15-9-5-3-4-6-10(9)16-13/h3-6H,2,7-8H2,1H3,(H,14,17)(H,15,16). The van der Waals surface area contributed by atoms with Crippen LogP contribution in [0.15, 0.2) is 29.4 Å². The minimum Gasteiger partial charge on any atom is -0.465 e. The number of esters is 1. The van der Waals surface area contributed by atoms with Gasteiger partial charge in [-0.2, -0.15) is 0 Å². The molecule has 0 unspecified atom stereocenters. The zero-order valence-corrected chi connectivity index (χ0v) is 11.8. The van der Waals surface area contributed by atoms with Crippen molar-refractivity contribution in [1.29, 1.82) is 0 Å². The highest BCUT2D eigenvalue weighted by molar-refractivity contribution is 7.99. The smallest absolute Gasteiger partial charge is 0.325 e. The highest BCUT2D eigenvalue weighted by atomic mass is 32.2. The molecule has 0 aliphatic heterocycles. The van der Waals surface area contributed by atoms with Gasteiger partial charge in [0.15, 0.2) is 5.16 Å². The van der Waals surface area contributed by atoms with Gasteiger partial charge in [-0.25, -0.2) is 4.98 Å². The van der Waals surface area contributed by atoms with Crippen molar-refractivity contribution in [1.82, 2.24) is 15.3 Å². The number of thioether (sulfide) groups is 1. The number of carbonyl (C=O) groups excluding carboxylic acids is 2. The van der Waals surface area contributed by atoms with Gasteiger partial charge < -0.3 is 15.0 Å². The second-order valence-corrected chi connectivity index (χ2v) is 4.89. The SMILES string of the molecule is CCOC(=O)CNC(=O)CSc1nc2ccccc2[nH]1. The molecule has 7 heteroatoms. The Bertz CT molecular complexity index is 579. The number of aromatic amines is 1. The second-order valence-electron chi connectivity index (χ2n) is 3.93. The molecular formula is C13H15N3O3S. The van der Waals surface area contributed by atoms with Crippen LogP contribution in [0.4, 0.5) is 0 Å². The fourth-order valence-electron chi connectivity index (χ4n) is 1.57. The number of rotatable bonds is 6. The van der Waals surface area contributed by atoms with Crippen molar-refractivity contribution in [2.75, 3.05) is 18.9 Å². The average Bonchev–Trinajstić information content (AvgIpc) is 2.86. The zero-order valence-electron chi connectivity index (χ0n) is 11.0. The number of amides is 1. The van der Waals surface area contributed by atoms with Crippen LogP contribution in [0.25, 0.3) is 11.0 Å². The summed E-state index contributed by atoms with van der Waals surface area (Å²) in [4.78, 5) is 30.1. The molecule has 0 aliphatic rings. The summed E-state index contributed by atoms with van der Waals surface area (Å²) >= 11 is 1.29. The Morgan fingerprint density at radius 3 is 2.95 bits per heavy atom. The van der Waals surface area contributed by atoms with Crippen molar-refractivity contribution in [3.05, 3.63) is 24.3 Å². The van der Waals surface area contributed by atoms with E-state index >= 15 is 0 Å². The van der Waals surface area contributed by atoms with Crippen LogP contribution in [0, 0.1) is 0 Å². The van der Waals surface area contributed by atoms with Crippen LogP contribution < -0.4 is 5.32 Å². The fourth-order valence-corrected chi connectivity index (χ4v) is 2.28. The molecule has 1 aromatic carbocycles. The van der Waals surface area contributed by atoms with Crippen molar-refractivity contribution in [3.8, 4) is 0 Å². The van der Waals surface area contributed by atoms with E-state index in [1.807, 2.05) is 24.3 Å². The van der Waals surface area contributed by atoms with Gasteiger partial charge in [0.2, 0.25) is 5.91 Å². The molecule has 20 heavy (non-hydrogen) atoms. The van der Waals surface area contributed by atoms with E-state index in [1.165, 1.54) is 11.8 Å². The molecular weight excluding hydrogens is 278 g/mol. The molecule has 0 atom stereocenters. The van der Waals surface area contributed by atoms with Gasteiger partial charge in [-0.15, -0.1) is 0 Å². The third-order valence-electron chi connectivity index (χ3n) is 2.44. The van der Waals surface area contributed by atoms with Crippen LogP contribution in [-0.4, -0.2) is 40.7 Å². The molecule has 0 spiro atoms. The molecule has 1 heterocycles. The van der Waals surface area contributed by atoms with Crippen LogP contribution in [0.2, 0.25) is 0 Å². The normalized spacial score (nSPS) is 10.4. The third kappa shape index (κ3) is 3.99. The van der Waals surface area contributed by atoms with E-state index in [4.69, 9.17) is 4.74 Å². The van der Waals surface area contributed by atoms with E-state index in [0.717, 1.165) is 11.0 Å². The second kappa shape index (κ2) is 6.95. The Kier molecular flexibility index (Phi) is 5.00. The molecule has 0 bridgehead atoms. The summed E-state index contributed by atoms with van der Waals surface area (Å²) in [6.07, 6.45) is 0. The van der Waals surface area contributed by atoms with Gasteiger partial charge in [0.1, 0.15) is 6.54 Å². The van der Waals surface area contributed by atoms with E-state index in [0.29, 0.717) is 11.8 Å². The molecule has 2 rings (SSSR count). The maximum atomic E-state index is 11.6. The highest BCUT2D eigenvalue weighted by Crippen LogP contribution is 2.18. The van der Waals surface area contributed by atoms with Crippen molar-refractivity contribution in [2.45, 2.75) is 12.1 Å². The lowest BCUT2D eigenvalue weighted by molar-refractivity contribution is -0.143. The first kappa shape index (κ1) is 14.4. The number of aromatic nitrogens is 2. The Morgan fingerprint density at radius 1 is 1.40 bits per heavy atom. The van der Waals surface area contributed by atoms with Crippen molar-refractivity contribution in [2.24, 2.45) is 0 Å². The number of para-hydroxylation sites is 2. The molecule has 0 fully saturated rings. The summed E-state index contributed by atoms with van der Waals surface area (Å²) < 4.78 is 4.72. The maximum Gasteiger partial charge on any atom is 0.325 e. The molecule has 2 aromatic rings. The number of imidazole rings is 1. The van der Waals surface area contributed by atoms with Crippen molar-refractivity contribution < 1.29 is 14.3 Å². The largest absolute Gasteiger partial charge is 0.465 e. The molecule has 1 aromatic heterocycles. The van der Waals surface area contributed by atoms with Crippen molar-refractivity contribution >= 4 is 34.7 Å². The lowest BCUT2D eigenvalue weighted by Crippen LogP contribution is -2.31. The Labute approximate surface area is 120 Å². The number of carbonyl (C=O) groups is 2. The molecule has 0 radical (unpaired) electrons. The number of nitrogens with zero attached hydrogens (tertiary/aromatic N) is 1. The molecule has 106 valence electrons. The maximum absolute atomic E-state index is 11.6. The summed E-state index contributed by atoms with van der Waals surface area (Å²) in [5, 5.41) is 3.17. The van der Waals surface area contributed by atoms with Gasteiger partial charge in [0, 0.05) is 0 Å². The minimum absolute atomic E-state index is 0.104. The number of nitrogens with one attached hydrogen (secondary N) is 2. The van der Waals surface area contributed by atoms with E-state index in [2.05, 4.69) is 15.3 Å². The van der Waals surface area contributed by atoms with Crippen LogP contribution in [0.1, 0.15) is 6.92 Å². The molecule has 0 aliphatic carbocycles. The number of H-pyrrole nitrogens is 1. The highest BCUT2D eigenvalue weighted by Gasteiger charge is 2.08. The van der Waals surface area contributed by atoms with Gasteiger partial charge >= 0.3 is 5.97 Å². The van der Waals surface area contributed by atoms with E-state index in [9.17, 15) is 9.59 Å². The summed E-state index contributed by atoms with van der Waals surface area (Å²) in [6, 6.07) is 7.65. The summed E-state index contributed by atoms with van der Waals surface area (Å²) in [7, 11) is 0. The monoisotopic (exact) mass is 293 g/mol. The van der Waals surface area contributed by atoms with Gasteiger partial charge in [-0.1, -0.05) is 23.9 Å². The number of benzene rings is 1. The predicted molar refractivity (Wildman–Crippen MR) is 76.5 cm³/mol. The molecule has 1 amide bonds. The molecule has 0 saturated heterocycles. The quantitative estimate of drug-likeness (QED) is 0.620. The first-order valence-electron chi connectivity index (χ1n) is 6.19. The zero-order chi connectivity index (χ0) is 14.4. The van der Waals surface area contributed by atoms with Crippen LogP contribution in [-0.2, 0) is 14.3 Å². The first-order chi connectivity index (χ1) is 9.69. The third-order valence-corrected chi connectivity index (χ3v) is 3.32. The number of hydrogen-bond acceptors (Lipinski definition) is 5. The lowest BCUT2D eigenvalue weighted by atomic mass is 10.3. The van der Waals surface area contributed by atoms with Crippen molar-refractivity contribution in [3.63, 3.8) is 0 Å².